The first-order valence-electron chi connectivity index (χ1n) is 13.7. The maximum Gasteiger partial charge on any atom is 0.275 e. The number of piperidine rings is 1. The number of likely N-dealkylation sites (tertiary alicyclic amines) is 1. The van der Waals surface area contributed by atoms with Crippen molar-refractivity contribution in [2.75, 3.05) is 26.2 Å². The van der Waals surface area contributed by atoms with Crippen LogP contribution in [0.4, 0.5) is 0 Å². The number of nitrogens with zero attached hydrogens (tertiary/aromatic N) is 3. The Labute approximate surface area is 224 Å². The lowest BCUT2D eigenvalue weighted by molar-refractivity contribution is -0.122. The number of carbonyl (C=O) groups is 1. The molecule has 2 aromatic heterocycles. The molecule has 2 aliphatic carbocycles. The van der Waals surface area contributed by atoms with Crippen molar-refractivity contribution in [3.05, 3.63) is 57.8 Å². The van der Waals surface area contributed by atoms with Crippen LogP contribution in [-0.4, -0.2) is 52.1 Å². The molecule has 1 N–H and O–H groups in total. The van der Waals surface area contributed by atoms with Crippen LogP contribution in [0.15, 0.2) is 46.5 Å². The monoisotopic (exact) mass is 526 g/mol. The van der Waals surface area contributed by atoms with Gasteiger partial charge in [0.15, 0.2) is 0 Å². The Hall–Kier alpha value is -2.51. The minimum Gasteiger partial charge on any atom is -0.492 e. The number of fused-ring (bicyclic) bond motifs is 3. The van der Waals surface area contributed by atoms with Gasteiger partial charge >= 0.3 is 0 Å². The Kier molecular flexibility index (Phi) is 7.82. The highest BCUT2D eigenvalue weighted by Crippen LogP contribution is 2.41. The van der Waals surface area contributed by atoms with E-state index in [2.05, 4.69) is 17.1 Å². The topological polar surface area (TPSA) is 68.0 Å². The van der Waals surface area contributed by atoms with Gasteiger partial charge in [0, 0.05) is 54.6 Å². The second kappa shape index (κ2) is 11.1. The Morgan fingerprint density at radius 3 is 2.68 bits per heavy atom. The standard InChI is InChI=1S/C29H39ClN4O3/c1-19(2)31-28(35)18-34-27(21-6-4-7-24(30)12-21)17-33-16-25(13-26(33)29(34)36)37-11-5-10-32-14-22-8-9-23(15-32)20(22)3/h4,7,12-13,16-17,19-23H,5-6,8-11,14-15,18H2,1-3H3,(H,31,35)/t20?,21?,22-,23+. The molecular formula is C29H39ClN4O3. The third-order valence-electron chi connectivity index (χ3n) is 8.30. The van der Waals surface area contributed by atoms with Crippen molar-refractivity contribution in [3.63, 3.8) is 0 Å². The van der Waals surface area contributed by atoms with Gasteiger partial charge < -0.3 is 19.4 Å². The normalized spacial score (nSPS) is 25.6. The molecule has 8 heteroatoms. The van der Waals surface area contributed by atoms with Gasteiger partial charge in [0.25, 0.3) is 5.56 Å². The first-order chi connectivity index (χ1) is 17.8. The molecule has 2 bridgehead atoms. The Morgan fingerprint density at radius 2 is 1.97 bits per heavy atom. The van der Waals surface area contributed by atoms with Crippen LogP contribution in [0.25, 0.3) is 5.52 Å². The molecule has 1 saturated carbocycles. The van der Waals surface area contributed by atoms with Gasteiger partial charge in [-0.05, 0) is 63.4 Å². The lowest BCUT2D eigenvalue weighted by atomic mass is 9.87. The lowest BCUT2D eigenvalue weighted by Gasteiger charge is -2.36. The average molecular weight is 527 g/mol. The molecule has 5 rings (SSSR count). The molecule has 0 aromatic carbocycles. The summed E-state index contributed by atoms with van der Waals surface area (Å²) in [5.74, 6) is 3.00. The third kappa shape index (κ3) is 5.83. The van der Waals surface area contributed by atoms with Gasteiger partial charge in [0.2, 0.25) is 5.91 Å². The van der Waals surface area contributed by atoms with E-state index in [9.17, 15) is 9.59 Å². The van der Waals surface area contributed by atoms with E-state index in [1.807, 2.05) is 48.9 Å². The molecule has 3 heterocycles. The number of aromatic nitrogens is 2. The van der Waals surface area contributed by atoms with E-state index < -0.39 is 0 Å². The van der Waals surface area contributed by atoms with Gasteiger partial charge in [-0.3, -0.25) is 14.2 Å². The summed E-state index contributed by atoms with van der Waals surface area (Å²) in [5.41, 5.74) is 1.05. The van der Waals surface area contributed by atoms with Crippen LogP contribution >= 0.6 is 11.6 Å². The molecule has 3 aliphatic rings. The van der Waals surface area contributed by atoms with Gasteiger partial charge in [-0.25, -0.2) is 0 Å². The summed E-state index contributed by atoms with van der Waals surface area (Å²) in [6.45, 7) is 10.3. The van der Waals surface area contributed by atoms with Crippen molar-refractivity contribution in [2.24, 2.45) is 17.8 Å². The van der Waals surface area contributed by atoms with Gasteiger partial charge in [-0.2, -0.15) is 0 Å². The average Bonchev–Trinajstić information content (AvgIpc) is 3.33. The molecule has 4 atom stereocenters. The Bertz CT molecular complexity index is 1250. The summed E-state index contributed by atoms with van der Waals surface area (Å²) in [4.78, 5) is 28.8. The van der Waals surface area contributed by atoms with E-state index in [0.717, 1.165) is 36.4 Å². The van der Waals surface area contributed by atoms with Crippen LogP contribution in [0, 0.1) is 17.8 Å². The van der Waals surface area contributed by atoms with Crippen LogP contribution in [0.1, 0.15) is 58.1 Å². The van der Waals surface area contributed by atoms with E-state index >= 15 is 0 Å². The summed E-state index contributed by atoms with van der Waals surface area (Å²) in [5, 5.41) is 3.53. The number of amides is 1. The minimum absolute atomic E-state index is 0.000798. The highest BCUT2D eigenvalue weighted by molar-refractivity contribution is 6.31. The SMILES string of the molecule is CC(C)NC(=O)Cn1c(C2C=C(Cl)C=CC2)cn2cc(OCCCN3C[C@H]4CC[C@@H](C3)C4C)cc2c1=O. The highest BCUT2D eigenvalue weighted by Gasteiger charge is 2.38. The Morgan fingerprint density at radius 1 is 1.22 bits per heavy atom. The predicted molar refractivity (Wildman–Crippen MR) is 147 cm³/mol. The molecule has 2 fully saturated rings. The zero-order valence-electron chi connectivity index (χ0n) is 22.2. The highest BCUT2D eigenvalue weighted by atomic mass is 35.5. The third-order valence-corrected chi connectivity index (χ3v) is 8.55. The number of halogens is 1. The quantitative estimate of drug-likeness (QED) is 0.487. The number of carbonyl (C=O) groups excluding carboxylic acids is 1. The van der Waals surface area contributed by atoms with Crippen molar-refractivity contribution >= 4 is 23.0 Å². The first-order valence-corrected chi connectivity index (χ1v) is 14.1. The maximum atomic E-state index is 13.6. The molecule has 0 spiro atoms. The zero-order chi connectivity index (χ0) is 26.1. The molecule has 0 radical (unpaired) electrons. The molecule has 1 saturated heterocycles. The molecule has 1 aliphatic heterocycles. The van der Waals surface area contributed by atoms with E-state index in [1.165, 1.54) is 25.9 Å². The summed E-state index contributed by atoms with van der Waals surface area (Å²) in [7, 11) is 0. The van der Waals surface area contributed by atoms with Crippen LogP contribution in [0.3, 0.4) is 0 Å². The zero-order valence-corrected chi connectivity index (χ0v) is 22.9. The number of ether oxygens (including phenoxy) is 1. The molecule has 37 heavy (non-hydrogen) atoms. The molecule has 2 aromatic rings. The summed E-state index contributed by atoms with van der Waals surface area (Å²) >= 11 is 6.28. The number of nitrogens with one attached hydrogen (secondary N) is 1. The van der Waals surface area contributed by atoms with Crippen LogP contribution in [0.5, 0.6) is 5.75 Å². The van der Waals surface area contributed by atoms with Crippen molar-refractivity contribution in [2.45, 2.75) is 65.0 Å². The Balaban J connectivity index is 1.30. The van der Waals surface area contributed by atoms with Crippen LogP contribution in [-0.2, 0) is 11.3 Å². The maximum absolute atomic E-state index is 13.6. The van der Waals surface area contributed by atoms with Crippen molar-refractivity contribution in [1.82, 2.24) is 19.2 Å². The molecule has 1 amide bonds. The first kappa shape index (κ1) is 26.1. The minimum atomic E-state index is -0.205. The molecule has 200 valence electrons. The number of hydrogen-bond donors (Lipinski definition) is 1. The molecule has 2 unspecified atom stereocenters. The largest absolute Gasteiger partial charge is 0.492 e. The predicted octanol–water partition coefficient (Wildman–Crippen LogP) is 4.54. The second-order valence-corrected chi connectivity index (χ2v) is 11.8. The number of rotatable bonds is 9. The molecule has 7 nitrogen and oxygen atoms in total. The van der Waals surface area contributed by atoms with Crippen LogP contribution in [0.2, 0.25) is 0 Å². The molecular weight excluding hydrogens is 488 g/mol. The number of hydrogen-bond acceptors (Lipinski definition) is 4. The second-order valence-electron chi connectivity index (χ2n) is 11.4. The van der Waals surface area contributed by atoms with Gasteiger partial charge in [0.05, 0.1) is 12.8 Å². The van der Waals surface area contributed by atoms with E-state index in [-0.39, 0.29) is 30.0 Å². The van der Waals surface area contributed by atoms with Gasteiger partial charge in [0.1, 0.15) is 17.8 Å². The van der Waals surface area contributed by atoms with Crippen molar-refractivity contribution < 1.29 is 9.53 Å². The fraction of sp³-hybridized carbons (Fsp3) is 0.586. The summed E-state index contributed by atoms with van der Waals surface area (Å²) in [6.07, 6.45) is 14.0. The van der Waals surface area contributed by atoms with E-state index in [0.29, 0.717) is 29.3 Å². The summed E-state index contributed by atoms with van der Waals surface area (Å²) in [6, 6.07) is 1.79. The fourth-order valence-electron chi connectivity index (χ4n) is 6.35. The van der Waals surface area contributed by atoms with Crippen molar-refractivity contribution in [1.29, 1.82) is 0 Å². The van der Waals surface area contributed by atoms with Crippen LogP contribution < -0.4 is 15.6 Å². The number of allylic oxidation sites excluding steroid dienone is 4. The lowest BCUT2D eigenvalue weighted by Crippen LogP contribution is -2.41. The van der Waals surface area contributed by atoms with E-state index in [1.54, 1.807) is 10.6 Å². The van der Waals surface area contributed by atoms with Gasteiger partial charge in [-0.1, -0.05) is 30.7 Å². The van der Waals surface area contributed by atoms with E-state index in [4.69, 9.17) is 16.3 Å². The smallest absolute Gasteiger partial charge is 0.275 e. The van der Waals surface area contributed by atoms with Crippen molar-refractivity contribution in [3.8, 4) is 5.75 Å². The fourth-order valence-corrected chi connectivity index (χ4v) is 6.59. The summed E-state index contributed by atoms with van der Waals surface area (Å²) < 4.78 is 9.49. The van der Waals surface area contributed by atoms with Gasteiger partial charge in [-0.15, -0.1) is 0 Å².